The van der Waals surface area contributed by atoms with Gasteiger partial charge < -0.3 is 15.2 Å². The van der Waals surface area contributed by atoms with Crippen LogP contribution in [0.3, 0.4) is 0 Å². The molecule has 1 fully saturated rings. The molecule has 0 aromatic heterocycles. The molecular formula is C8H15NO3. The standard InChI is InChI=1S/C8H15NO3/c1-5(9)6-3-4-7(12-6)8(10)11-2/h5-7H,3-4,9H2,1-2H3/t5-,6+,7+/m1/s1. The van der Waals surface area contributed by atoms with Gasteiger partial charge in [-0.25, -0.2) is 4.79 Å². The molecule has 1 rings (SSSR count). The van der Waals surface area contributed by atoms with Gasteiger partial charge in [-0.15, -0.1) is 0 Å². The summed E-state index contributed by atoms with van der Waals surface area (Å²) in [5.41, 5.74) is 5.62. The molecule has 2 N–H and O–H groups in total. The zero-order chi connectivity index (χ0) is 9.14. The fourth-order valence-corrected chi connectivity index (χ4v) is 1.35. The second-order valence-electron chi connectivity index (χ2n) is 3.12. The first kappa shape index (κ1) is 9.48. The number of ether oxygens (including phenoxy) is 2. The molecule has 0 spiro atoms. The van der Waals surface area contributed by atoms with Crippen LogP contribution >= 0.6 is 0 Å². The summed E-state index contributed by atoms with van der Waals surface area (Å²) in [7, 11) is 1.37. The van der Waals surface area contributed by atoms with Gasteiger partial charge >= 0.3 is 5.97 Å². The predicted octanol–water partition coefficient (Wildman–Crippen LogP) is 0.0542. The van der Waals surface area contributed by atoms with Gasteiger partial charge in [-0.2, -0.15) is 0 Å². The van der Waals surface area contributed by atoms with E-state index in [0.717, 1.165) is 12.8 Å². The second-order valence-corrected chi connectivity index (χ2v) is 3.12. The molecule has 0 aromatic carbocycles. The number of hydrogen-bond acceptors (Lipinski definition) is 4. The topological polar surface area (TPSA) is 61.5 Å². The maximum absolute atomic E-state index is 11.0. The molecule has 1 heterocycles. The number of methoxy groups -OCH3 is 1. The molecule has 12 heavy (non-hydrogen) atoms. The van der Waals surface area contributed by atoms with Gasteiger partial charge in [-0.1, -0.05) is 0 Å². The molecule has 0 bridgehead atoms. The Morgan fingerprint density at radius 3 is 2.75 bits per heavy atom. The first-order valence-corrected chi connectivity index (χ1v) is 4.14. The predicted molar refractivity (Wildman–Crippen MR) is 43.6 cm³/mol. The number of esters is 1. The summed E-state index contributed by atoms with van der Waals surface area (Å²) in [6, 6.07) is -0.0142. The number of rotatable bonds is 2. The summed E-state index contributed by atoms with van der Waals surface area (Å²) in [5.74, 6) is -0.293. The van der Waals surface area contributed by atoms with E-state index in [1.165, 1.54) is 7.11 Å². The maximum atomic E-state index is 11.0. The van der Waals surface area contributed by atoms with Crippen LogP contribution in [0, 0.1) is 0 Å². The van der Waals surface area contributed by atoms with Gasteiger partial charge in [-0.05, 0) is 19.8 Å². The molecule has 1 aliphatic heterocycles. The van der Waals surface area contributed by atoms with Crippen molar-refractivity contribution in [2.45, 2.75) is 38.0 Å². The van der Waals surface area contributed by atoms with E-state index in [2.05, 4.69) is 4.74 Å². The van der Waals surface area contributed by atoms with Crippen LogP contribution < -0.4 is 5.73 Å². The summed E-state index contributed by atoms with van der Waals surface area (Å²) < 4.78 is 9.93. The fraction of sp³-hybridized carbons (Fsp3) is 0.875. The number of nitrogens with two attached hydrogens (primary N) is 1. The highest BCUT2D eigenvalue weighted by atomic mass is 16.6. The van der Waals surface area contributed by atoms with Gasteiger partial charge in [-0.3, -0.25) is 0 Å². The Kier molecular flexibility index (Phi) is 3.05. The maximum Gasteiger partial charge on any atom is 0.334 e. The molecule has 0 radical (unpaired) electrons. The number of carbonyl (C=O) groups is 1. The van der Waals surface area contributed by atoms with Crippen LogP contribution in [-0.2, 0) is 14.3 Å². The summed E-state index contributed by atoms with van der Waals surface area (Å²) in [6.45, 7) is 1.88. The van der Waals surface area contributed by atoms with Crippen LogP contribution in [-0.4, -0.2) is 31.3 Å². The highest BCUT2D eigenvalue weighted by Gasteiger charge is 2.32. The van der Waals surface area contributed by atoms with Gasteiger partial charge in [0.2, 0.25) is 0 Å². The lowest BCUT2D eigenvalue weighted by molar-refractivity contribution is -0.153. The van der Waals surface area contributed by atoms with Crippen molar-refractivity contribution in [3.8, 4) is 0 Å². The van der Waals surface area contributed by atoms with Crippen molar-refractivity contribution in [3.63, 3.8) is 0 Å². The van der Waals surface area contributed by atoms with Gasteiger partial charge in [0.15, 0.2) is 6.10 Å². The third-order valence-electron chi connectivity index (χ3n) is 2.10. The summed E-state index contributed by atoms with van der Waals surface area (Å²) in [4.78, 5) is 11.0. The van der Waals surface area contributed by atoms with Gasteiger partial charge in [0.05, 0.1) is 13.2 Å². The van der Waals surface area contributed by atoms with E-state index >= 15 is 0 Å². The Hall–Kier alpha value is -0.610. The number of carbonyl (C=O) groups excluding carboxylic acids is 1. The zero-order valence-corrected chi connectivity index (χ0v) is 7.45. The largest absolute Gasteiger partial charge is 0.467 e. The molecule has 0 amide bonds. The average molecular weight is 173 g/mol. The van der Waals surface area contributed by atoms with Crippen LogP contribution in [0.25, 0.3) is 0 Å². The molecule has 4 nitrogen and oxygen atoms in total. The Morgan fingerprint density at radius 2 is 2.33 bits per heavy atom. The van der Waals surface area contributed by atoms with Crippen molar-refractivity contribution < 1.29 is 14.3 Å². The first-order valence-electron chi connectivity index (χ1n) is 4.14. The normalized spacial score (nSPS) is 31.6. The monoisotopic (exact) mass is 173 g/mol. The van der Waals surface area contributed by atoms with E-state index < -0.39 is 6.10 Å². The lowest BCUT2D eigenvalue weighted by Crippen LogP contribution is -2.33. The molecule has 70 valence electrons. The van der Waals surface area contributed by atoms with E-state index in [0.29, 0.717) is 0 Å². The second kappa shape index (κ2) is 3.87. The minimum Gasteiger partial charge on any atom is -0.467 e. The van der Waals surface area contributed by atoms with E-state index in [1.54, 1.807) is 0 Å². The average Bonchev–Trinajstić information content (AvgIpc) is 2.51. The Balaban J connectivity index is 2.40. The molecule has 0 aliphatic carbocycles. The summed E-state index contributed by atoms with van der Waals surface area (Å²) in [5, 5.41) is 0. The molecule has 0 unspecified atom stereocenters. The van der Waals surface area contributed by atoms with E-state index in [1.807, 2.05) is 6.92 Å². The molecule has 0 aromatic rings. The molecular weight excluding hydrogens is 158 g/mol. The van der Waals surface area contributed by atoms with Crippen molar-refractivity contribution in [2.24, 2.45) is 5.73 Å². The van der Waals surface area contributed by atoms with Crippen molar-refractivity contribution >= 4 is 5.97 Å². The van der Waals surface area contributed by atoms with Crippen molar-refractivity contribution in [2.75, 3.05) is 7.11 Å². The van der Waals surface area contributed by atoms with Crippen molar-refractivity contribution in [3.05, 3.63) is 0 Å². The fourth-order valence-electron chi connectivity index (χ4n) is 1.35. The lowest BCUT2D eigenvalue weighted by Gasteiger charge is -2.14. The smallest absolute Gasteiger partial charge is 0.334 e. The van der Waals surface area contributed by atoms with Crippen molar-refractivity contribution in [1.82, 2.24) is 0 Å². The molecule has 3 atom stereocenters. The summed E-state index contributed by atoms with van der Waals surface area (Å²) >= 11 is 0. The SMILES string of the molecule is COC(=O)[C@@H]1CC[C@@H]([C@@H](C)N)O1. The molecule has 1 saturated heterocycles. The highest BCUT2D eigenvalue weighted by Crippen LogP contribution is 2.21. The highest BCUT2D eigenvalue weighted by molar-refractivity contribution is 5.74. The quantitative estimate of drug-likeness (QED) is 0.599. The lowest BCUT2D eigenvalue weighted by atomic mass is 10.1. The van der Waals surface area contributed by atoms with Gasteiger partial charge in [0.1, 0.15) is 0 Å². The van der Waals surface area contributed by atoms with Crippen LogP contribution in [0.2, 0.25) is 0 Å². The molecule has 0 saturated carbocycles. The first-order chi connectivity index (χ1) is 5.65. The van der Waals surface area contributed by atoms with Gasteiger partial charge in [0, 0.05) is 6.04 Å². The van der Waals surface area contributed by atoms with E-state index in [9.17, 15) is 4.79 Å². The molecule has 4 heteroatoms. The van der Waals surface area contributed by atoms with Crippen LogP contribution in [0.4, 0.5) is 0 Å². The Labute approximate surface area is 72.0 Å². The van der Waals surface area contributed by atoms with Crippen molar-refractivity contribution in [1.29, 1.82) is 0 Å². The van der Waals surface area contributed by atoms with Crippen LogP contribution in [0.5, 0.6) is 0 Å². The zero-order valence-electron chi connectivity index (χ0n) is 7.45. The summed E-state index contributed by atoms with van der Waals surface area (Å²) in [6.07, 6.45) is 1.18. The van der Waals surface area contributed by atoms with Crippen LogP contribution in [0.1, 0.15) is 19.8 Å². The Morgan fingerprint density at radius 1 is 1.67 bits per heavy atom. The third-order valence-corrected chi connectivity index (χ3v) is 2.10. The molecule has 1 aliphatic rings. The number of hydrogen-bond donors (Lipinski definition) is 1. The minimum absolute atomic E-state index is 0.00843. The van der Waals surface area contributed by atoms with E-state index in [4.69, 9.17) is 10.5 Å². The van der Waals surface area contributed by atoms with E-state index in [-0.39, 0.29) is 18.1 Å². The Bertz CT molecular complexity index is 170. The van der Waals surface area contributed by atoms with Gasteiger partial charge in [0.25, 0.3) is 0 Å². The van der Waals surface area contributed by atoms with Crippen LogP contribution in [0.15, 0.2) is 0 Å². The minimum atomic E-state index is -0.397. The third kappa shape index (κ3) is 1.95.